The molecule has 0 aliphatic carbocycles. The van der Waals surface area contributed by atoms with Crippen molar-refractivity contribution in [3.63, 3.8) is 0 Å². The molecule has 12 rings (SSSR count). The first kappa shape index (κ1) is 47.9. The summed E-state index contributed by atoms with van der Waals surface area (Å²) >= 11 is -0.346. The van der Waals surface area contributed by atoms with Crippen LogP contribution in [0.4, 0.5) is 0 Å². The first-order chi connectivity index (χ1) is 33.8. The zero-order chi connectivity index (χ0) is 47.4. The second-order valence-corrected chi connectivity index (χ2v) is 27.2. The fraction of sp³-hybridized carbons (Fsp3) is 0.161. The molecule has 7 heteroatoms. The SMILES string of the molecule is CC(C([NH-])c1ccccc1)[PH+]1Cc2ccc3ccccc3c2-c2c(ccc3ccccc23)C1.CC(C([NH-])c1ccccc1)[PH+]1Cc2ccc3ccccc3c2-c2c(ccc3ccccc23)C1.[Cl][Ru+2][Cl]. The van der Waals surface area contributed by atoms with Crippen molar-refractivity contribution in [1.29, 1.82) is 0 Å². The van der Waals surface area contributed by atoms with Crippen molar-refractivity contribution in [2.45, 2.75) is 61.9 Å². The van der Waals surface area contributed by atoms with Crippen LogP contribution in [0.2, 0.25) is 0 Å². The Morgan fingerprint density at radius 2 is 0.580 bits per heavy atom. The molecule has 10 aromatic carbocycles. The van der Waals surface area contributed by atoms with Crippen molar-refractivity contribution >= 4 is 78.3 Å². The number of benzene rings is 10. The molecule has 2 N–H and O–H groups in total. The molecule has 4 atom stereocenters. The summed E-state index contributed by atoms with van der Waals surface area (Å²) in [6.45, 7) is 4.65. The van der Waals surface area contributed by atoms with Gasteiger partial charge in [-0.15, -0.1) is 0 Å². The van der Waals surface area contributed by atoms with Gasteiger partial charge in [0.2, 0.25) is 0 Å². The molecule has 0 aromatic heterocycles. The molecule has 0 radical (unpaired) electrons. The number of hydrogen-bond donors (Lipinski definition) is 0. The van der Waals surface area contributed by atoms with Crippen LogP contribution in [0.3, 0.4) is 0 Å². The molecule has 0 amide bonds. The van der Waals surface area contributed by atoms with Crippen LogP contribution in [0.15, 0.2) is 206 Å². The molecule has 0 spiro atoms. The maximum atomic E-state index is 9.08. The molecule has 0 saturated heterocycles. The standard InChI is InChI=1S/2C31H27NP.2ClH.Ru/c2*1-21(31(32)24-11-3-2-4-12-24)33-19-25-17-15-22-9-5-7-13-27(22)29(25)30-26(20-33)18-16-23-10-6-8-14-28(23)30;;;/h2*2-18,21,31-32H,19-20H2,1H3;2*1H;/q2*-1;;;+4. The Labute approximate surface area is 425 Å². The topological polar surface area (TPSA) is 47.6 Å². The van der Waals surface area contributed by atoms with E-state index in [9.17, 15) is 0 Å². The first-order valence-electron chi connectivity index (χ1n) is 23.9. The average Bonchev–Trinajstić information content (AvgIpc) is 3.70. The van der Waals surface area contributed by atoms with Crippen LogP contribution < -0.4 is 0 Å². The van der Waals surface area contributed by atoms with Gasteiger partial charge in [-0.05, 0) is 101 Å². The Bertz CT molecular complexity index is 3000. The number of rotatable bonds is 6. The molecule has 10 aromatic rings. The van der Waals surface area contributed by atoms with E-state index in [0.717, 1.165) is 35.8 Å². The van der Waals surface area contributed by atoms with E-state index in [1.807, 2.05) is 12.1 Å². The van der Waals surface area contributed by atoms with Gasteiger partial charge in [-0.2, -0.15) is 0 Å². The summed E-state index contributed by atoms with van der Waals surface area (Å²) in [5, 5.41) is 10.6. The molecule has 4 unspecified atom stereocenters. The van der Waals surface area contributed by atoms with E-state index in [0.29, 0.717) is 11.3 Å². The molecular formula is C62H56Cl2N2P2Ru+2. The van der Waals surface area contributed by atoms with Crippen LogP contribution in [0.5, 0.6) is 0 Å². The van der Waals surface area contributed by atoms with Crippen molar-refractivity contribution in [1.82, 2.24) is 0 Å². The summed E-state index contributed by atoms with van der Waals surface area (Å²) in [6.07, 6.45) is 4.43. The van der Waals surface area contributed by atoms with E-state index in [1.165, 1.54) is 87.6 Å². The molecule has 2 nitrogen and oxygen atoms in total. The third-order valence-corrected chi connectivity index (χ3v) is 21.4. The average molecular weight is 1060 g/mol. The van der Waals surface area contributed by atoms with Gasteiger partial charge in [0.1, 0.15) is 0 Å². The molecule has 0 fully saturated rings. The third kappa shape index (κ3) is 9.84. The summed E-state index contributed by atoms with van der Waals surface area (Å²) in [7, 11) is 8.00. The van der Waals surface area contributed by atoms with Gasteiger partial charge in [-0.3, -0.25) is 0 Å². The predicted molar refractivity (Wildman–Crippen MR) is 303 cm³/mol. The van der Waals surface area contributed by atoms with Crippen LogP contribution >= 0.6 is 35.2 Å². The van der Waals surface area contributed by atoms with Gasteiger partial charge < -0.3 is 11.5 Å². The Morgan fingerprint density at radius 1 is 0.348 bits per heavy atom. The van der Waals surface area contributed by atoms with E-state index in [2.05, 4.69) is 208 Å². The Balaban J connectivity index is 0.000000152. The predicted octanol–water partition coefficient (Wildman–Crippen LogP) is 19.5. The third-order valence-electron chi connectivity index (χ3n) is 14.8. The first-order valence-corrected chi connectivity index (χ1v) is 32.4. The van der Waals surface area contributed by atoms with Crippen LogP contribution in [0.25, 0.3) is 76.8 Å². The number of hydrogen-bond acceptors (Lipinski definition) is 0. The summed E-state index contributed by atoms with van der Waals surface area (Å²) in [5.74, 6) is 0. The van der Waals surface area contributed by atoms with Gasteiger partial charge in [0.05, 0.1) is 36.0 Å². The van der Waals surface area contributed by atoms with Crippen LogP contribution in [0.1, 0.15) is 59.3 Å². The molecule has 2 aliphatic heterocycles. The van der Waals surface area contributed by atoms with E-state index in [-0.39, 0.29) is 27.2 Å². The molecule has 0 saturated carbocycles. The normalized spacial score (nSPS) is 15.2. The van der Waals surface area contributed by atoms with Crippen LogP contribution in [-0.4, -0.2) is 11.3 Å². The molecular weight excluding hydrogens is 1010 g/mol. The van der Waals surface area contributed by atoms with Gasteiger partial charge in [0.15, 0.2) is 0 Å². The van der Waals surface area contributed by atoms with Gasteiger partial charge in [0.25, 0.3) is 0 Å². The van der Waals surface area contributed by atoms with Crippen LogP contribution in [-0.2, 0) is 39.8 Å². The van der Waals surface area contributed by atoms with Gasteiger partial charge in [-0.1, -0.05) is 229 Å². The fourth-order valence-electron chi connectivity index (χ4n) is 11.2. The molecule has 2 aliphatic rings. The zero-order valence-corrected chi connectivity index (χ0v) is 44.1. The molecule has 69 heavy (non-hydrogen) atoms. The molecule has 0 bridgehead atoms. The van der Waals surface area contributed by atoms with Crippen molar-refractivity contribution in [2.24, 2.45) is 0 Å². The molecule has 2 heterocycles. The van der Waals surface area contributed by atoms with Gasteiger partial charge in [-0.25, -0.2) is 0 Å². The van der Waals surface area contributed by atoms with Gasteiger partial charge >= 0.3 is 34.5 Å². The summed E-state index contributed by atoms with van der Waals surface area (Å²) in [5.41, 5.74) is 32.7. The quantitative estimate of drug-likeness (QED) is 0.118. The Morgan fingerprint density at radius 3 is 0.841 bits per heavy atom. The minimum absolute atomic E-state index is 0.175. The molecule has 344 valence electrons. The van der Waals surface area contributed by atoms with E-state index in [1.54, 1.807) is 0 Å². The van der Waals surface area contributed by atoms with E-state index >= 15 is 0 Å². The second kappa shape index (κ2) is 21.7. The summed E-state index contributed by atoms with van der Waals surface area (Å²) in [4.78, 5) is 0. The van der Waals surface area contributed by atoms with E-state index in [4.69, 9.17) is 30.8 Å². The summed E-state index contributed by atoms with van der Waals surface area (Å²) in [6, 6.07) is 74.5. The fourth-order valence-corrected chi connectivity index (χ4v) is 17.2. The minimum atomic E-state index is -0.855. The zero-order valence-electron chi connectivity index (χ0n) is 38.9. The number of fused-ring (bicyclic) bond motifs is 14. The maximum absolute atomic E-state index is 9.08. The number of nitrogens with one attached hydrogen (secondary N) is 2. The number of halogens is 2. The monoisotopic (exact) mass is 1060 g/mol. The van der Waals surface area contributed by atoms with Crippen LogP contribution in [0, 0.1) is 0 Å². The van der Waals surface area contributed by atoms with Crippen molar-refractivity contribution < 1.29 is 15.1 Å². The van der Waals surface area contributed by atoms with E-state index < -0.39 is 15.8 Å². The van der Waals surface area contributed by atoms with Crippen molar-refractivity contribution in [2.75, 3.05) is 0 Å². The summed E-state index contributed by atoms with van der Waals surface area (Å²) < 4.78 is 0. The second-order valence-electron chi connectivity index (χ2n) is 18.7. The van der Waals surface area contributed by atoms with Crippen molar-refractivity contribution in [3.8, 4) is 22.3 Å². The van der Waals surface area contributed by atoms with Gasteiger partial charge in [0, 0.05) is 15.8 Å². The Kier molecular flexibility index (Phi) is 15.1. The van der Waals surface area contributed by atoms with Crippen molar-refractivity contribution in [3.05, 3.63) is 251 Å². The Hall–Kier alpha value is -4.78.